The van der Waals surface area contributed by atoms with E-state index in [9.17, 15) is 23.8 Å². The van der Waals surface area contributed by atoms with Crippen LogP contribution in [0.3, 0.4) is 0 Å². The van der Waals surface area contributed by atoms with Crippen LogP contribution >= 0.6 is 7.60 Å². The molecule has 10 nitrogen and oxygen atoms in total. The van der Waals surface area contributed by atoms with E-state index < -0.39 is 44.1 Å². The second-order valence-electron chi connectivity index (χ2n) is 8.90. The number of carbonyl (C=O) groups excluding carboxylic acids is 3. The lowest BCUT2D eigenvalue weighted by atomic mass is 10.0. The van der Waals surface area contributed by atoms with Gasteiger partial charge in [-0.05, 0) is 30.0 Å². The molecule has 0 aliphatic rings. The molecular formula is C27H37N2O8P. The van der Waals surface area contributed by atoms with E-state index in [-0.39, 0.29) is 31.9 Å². The molecule has 2 aromatic rings. The highest BCUT2D eigenvalue weighted by Gasteiger charge is 2.31. The van der Waals surface area contributed by atoms with Gasteiger partial charge >= 0.3 is 19.5 Å². The van der Waals surface area contributed by atoms with Crippen LogP contribution in [0.4, 0.5) is 0 Å². The molecule has 0 aliphatic carbocycles. The molecule has 0 fully saturated rings. The summed E-state index contributed by atoms with van der Waals surface area (Å²) in [6, 6.07) is 16.4. The van der Waals surface area contributed by atoms with Gasteiger partial charge in [-0.2, -0.15) is 0 Å². The van der Waals surface area contributed by atoms with E-state index in [0.29, 0.717) is 0 Å². The maximum atomic E-state index is 12.9. The van der Waals surface area contributed by atoms with Crippen LogP contribution in [0.1, 0.15) is 39.7 Å². The molecule has 3 atom stereocenters. The molecule has 0 aliphatic heterocycles. The minimum absolute atomic E-state index is 0.0896. The lowest BCUT2D eigenvalue weighted by molar-refractivity contribution is -0.170. The maximum Gasteiger partial charge on any atom is 0.344 e. The molecule has 3 unspecified atom stereocenters. The Hall–Kier alpha value is -3.04. The smallest absolute Gasteiger partial charge is 0.344 e. The Morgan fingerprint density at radius 2 is 1.58 bits per heavy atom. The topological polar surface area (TPSA) is 140 Å². The Balaban J connectivity index is 2.13. The molecule has 2 rings (SSSR count). The summed E-state index contributed by atoms with van der Waals surface area (Å²) in [7, 11) is -4.32. The van der Waals surface area contributed by atoms with E-state index >= 15 is 0 Å². The summed E-state index contributed by atoms with van der Waals surface area (Å²) < 4.78 is 28.0. The quantitative estimate of drug-likeness (QED) is 0.173. The zero-order valence-electron chi connectivity index (χ0n) is 22.2. The zero-order chi connectivity index (χ0) is 28.1. The fraction of sp³-hybridized carbons (Fsp3) is 0.444. The number of hydrogen-bond acceptors (Lipinski definition) is 8. The van der Waals surface area contributed by atoms with Gasteiger partial charge in [-0.25, -0.2) is 0 Å². The molecule has 208 valence electrons. The minimum Gasteiger partial charge on any atom is -0.465 e. The van der Waals surface area contributed by atoms with Crippen LogP contribution in [0, 0.1) is 5.92 Å². The van der Waals surface area contributed by atoms with Crippen LogP contribution in [0.15, 0.2) is 54.6 Å². The number of ether oxygens (including phenoxy) is 2. The van der Waals surface area contributed by atoms with Gasteiger partial charge in [0, 0.05) is 12.3 Å². The molecule has 0 radical (unpaired) electrons. The molecule has 1 amide bonds. The Kier molecular flexibility index (Phi) is 12.6. The normalized spacial score (nSPS) is 14.3. The summed E-state index contributed by atoms with van der Waals surface area (Å²) in [5, 5.41) is 5.28. The largest absolute Gasteiger partial charge is 0.465 e. The van der Waals surface area contributed by atoms with Crippen LogP contribution < -0.4 is 10.6 Å². The second-order valence-corrected chi connectivity index (χ2v) is 10.7. The minimum atomic E-state index is -4.32. The molecule has 3 N–H and O–H groups in total. The van der Waals surface area contributed by atoms with Gasteiger partial charge in [0.05, 0.1) is 18.9 Å². The summed E-state index contributed by atoms with van der Waals surface area (Å²) >= 11 is 0. The number of rotatable bonds is 15. The number of carbonyl (C=O) groups is 3. The standard InChI is InChI=1S/C27H37N2O8P/c1-5-24(30)36-27(19(3)4)37-38(33,34)18-29-23(26(32)28-17-25(31)35-6-2)16-20-12-14-22(15-13-20)21-10-8-7-9-11-21/h7-15,19,23,27,29H,5-6,16-18H2,1-4H3,(H,28,32)(H,33,34). The summed E-state index contributed by atoms with van der Waals surface area (Å²) in [5.41, 5.74) is 2.84. The average Bonchev–Trinajstić information content (AvgIpc) is 2.90. The molecule has 0 saturated heterocycles. The fourth-order valence-corrected chi connectivity index (χ4v) is 4.51. The van der Waals surface area contributed by atoms with E-state index in [1.54, 1.807) is 27.7 Å². The Bertz CT molecular complexity index is 1090. The van der Waals surface area contributed by atoms with Crippen LogP contribution in [0.5, 0.6) is 0 Å². The lowest BCUT2D eigenvalue weighted by Gasteiger charge is -2.25. The van der Waals surface area contributed by atoms with Gasteiger partial charge in [-0.1, -0.05) is 75.4 Å². The van der Waals surface area contributed by atoms with Gasteiger partial charge in [0.25, 0.3) is 0 Å². The van der Waals surface area contributed by atoms with Gasteiger partial charge in [0.2, 0.25) is 12.2 Å². The highest BCUT2D eigenvalue weighted by atomic mass is 31.2. The Morgan fingerprint density at radius 1 is 0.947 bits per heavy atom. The fourth-order valence-electron chi connectivity index (χ4n) is 3.37. The molecule has 0 saturated carbocycles. The molecule has 11 heteroatoms. The van der Waals surface area contributed by atoms with Gasteiger partial charge in [-0.3, -0.25) is 28.8 Å². The zero-order valence-corrected chi connectivity index (χ0v) is 23.1. The van der Waals surface area contributed by atoms with Gasteiger partial charge < -0.3 is 19.7 Å². The Labute approximate surface area is 223 Å². The van der Waals surface area contributed by atoms with Crippen molar-refractivity contribution in [1.29, 1.82) is 0 Å². The molecule has 0 bridgehead atoms. The third-order valence-electron chi connectivity index (χ3n) is 5.42. The van der Waals surface area contributed by atoms with Gasteiger partial charge in [-0.15, -0.1) is 0 Å². The Morgan fingerprint density at radius 3 is 2.16 bits per heavy atom. The first kappa shape index (κ1) is 31.2. The van der Waals surface area contributed by atoms with Crippen molar-refractivity contribution in [1.82, 2.24) is 10.6 Å². The number of benzene rings is 2. The predicted octanol–water partition coefficient (Wildman–Crippen LogP) is 3.63. The first-order valence-corrected chi connectivity index (χ1v) is 14.3. The van der Waals surface area contributed by atoms with E-state index in [1.165, 1.54) is 0 Å². The molecule has 2 aromatic carbocycles. The molecule has 0 aromatic heterocycles. The van der Waals surface area contributed by atoms with Crippen molar-refractivity contribution in [3.8, 4) is 11.1 Å². The highest BCUT2D eigenvalue weighted by Crippen LogP contribution is 2.43. The van der Waals surface area contributed by atoms with Crippen LogP contribution in [-0.4, -0.2) is 54.5 Å². The molecule has 38 heavy (non-hydrogen) atoms. The van der Waals surface area contributed by atoms with Crippen LogP contribution in [-0.2, 0) is 39.4 Å². The SMILES string of the molecule is CCOC(=O)CNC(=O)C(Cc1ccc(-c2ccccc2)cc1)NCP(=O)(O)OC(OC(=O)CC)C(C)C. The number of nitrogens with one attached hydrogen (secondary N) is 2. The number of esters is 2. The monoisotopic (exact) mass is 548 g/mol. The third kappa shape index (κ3) is 10.8. The van der Waals surface area contributed by atoms with E-state index in [1.807, 2.05) is 54.6 Å². The van der Waals surface area contributed by atoms with Crippen LogP contribution in [0.25, 0.3) is 11.1 Å². The first-order valence-electron chi connectivity index (χ1n) is 12.5. The predicted molar refractivity (Wildman–Crippen MR) is 143 cm³/mol. The summed E-state index contributed by atoms with van der Waals surface area (Å²) in [5.74, 6) is -2.09. The van der Waals surface area contributed by atoms with Crippen molar-refractivity contribution < 1.29 is 37.8 Å². The summed E-state index contributed by atoms with van der Waals surface area (Å²) in [6.07, 6.45) is -1.55. The van der Waals surface area contributed by atoms with E-state index in [4.69, 9.17) is 14.0 Å². The summed E-state index contributed by atoms with van der Waals surface area (Å²) in [4.78, 5) is 46.7. The van der Waals surface area contributed by atoms with Crippen molar-refractivity contribution in [2.45, 2.75) is 52.9 Å². The third-order valence-corrected chi connectivity index (χ3v) is 6.54. The number of amides is 1. The van der Waals surface area contributed by atoms with Crippen molar-refractivity contribution >= 4 is 25.4 Å². The van der Waals surface area contributed by atoms with Crippen molar-refractivity contribution in [3.63, 3.8) is 0 Å². The average molecular weight is 549 g/mol. The lowest BCUT2D eigenvalue weighted by Crippen LogP contribution is -2.47. The van der Waals surface area contributed by atoms with Gasteiger partial charge in [0.15, 0.2) is 0 Å². The van der Waals surface area contributed by atoms with Crippen molar-refractivity contribution in [2.24, 2.45) is 5.92 Å². The van der Waals surface area contributed by atoms with E-state index in [0.717, 1.165) is 16.7 Å². The molecule has 0 spiro atoms. The van der Waals surface area contributed by atoms with Crippen molar-refractivity contribution in [2.75, 3.05) is 19.4 Å². The maximum absolute atomic E-state index is 12.9. The van der Waals surface area contributed by atoms with Gasteiger partial charge in [0.1, 0.15) is 6.54 Å². The van der Waals surface area contributed by atoms with E-state index in [2.05, 4.69) is 10.6 Å². The van der Waals surface area contributed by atoms with Crippen molar-refractivity contribution in [3.05, 3.63) is 60.2 Å². The number of hydrogen-bond donors (Lipinski definition) is 3. The first-order chi connectivity index (χ1) is 18.0. The summed E-state index contributed by atoms with van der Waals surface area (Å²) in [6.45, 7) is 6.47. The molecule has 0 heterocycles. The molecular weight excluding hydrogens is 511 g/mol. The van der Waals surface area contributed by atoms with Crippen LogP contribution in [0.2, 0.25) is 0 Å². The highest BCUT2D eigenvalue weighted by molar-refractivity contribution is 7.52. The second kappa shape index (κ2) is 15.4.